The average Bonchev–Trinajstić information content (AvgIpc) is 2.71. The summed E-state index contributed by atoms with van der Waals surface area (Å²) < 4.78 is 11.3. The second-order valence-electron chi connectivity index (χ2n) is 4.71. The van der Waals surface area contributed by atoms with Gasteiger partial charge in [-0.25, -0.2) is 4.98 Å². The topological polar surface area (TPSA) is 55.1 Å². The quantitative estimate of drug-likeness (QED) is 0.848. The molecule has 0 unspecified atom stereocenters. The van der Waals surface area contributed by atoms with Crippen molar-refractivity contribution in [1.82, 2.24) is 4.98 Å². The van der Waals surface area contributed by atoms with Gasteiger partial charge in [-0.1, -0.05) is 11.8 Å². The fraction of sp³-hybridized carbons (Fsp3) is 0.250. The van der Waals surface area contributed by atoms with Gasteiger partial charge < -0.3 is 9.47 Å². The molecular weight excluding hydrogens is 284 g/mol. The van der Waals surface area contributed by atoms with Gasteiger partial charge in [-0.05, 0) is 37.3 Å². The van der Waals surface area contributed by atoms with Crippen LogP contribution in [0.5, 0.6) is 11.5 Å². The fourth-order valence-corrected chi connectivity index (χ4v) is 3.00. The van der Waals surface area contributed by atoms with Gasteiger partial charge in [0.1, 0.15) is 5.03 Å². The zero-order chi connectivity index (χ0) is 14.7. The molecule has 0 aliphatic carbocycles. The lowest BCUT2D eigenvalue weighted by atomic mass is 10.2. The lowest BCUT2D eigenvalue weighted by Gasteiger charge is -2.09. The van der Waals surface area contributed by atoms with Gasteiger partial charge in [-0.15, -0.1) is 0 Å². The van der Waals surface area contributed by atoms with E-state index in [9.17, 15) is 0 Å². The monoisotopic (exact) mass is 298 g/mol. The molecule has 0 spiro atoms. The summed E-state index contributed by atoms with van der Waals surface area (Å²) in [5.74, 6) is 1.55. The van der Waals surface area contributed by atoms with Crippen LogP contribution in [0.1, 0.15) is 17.7 Å². The van der Waals surface area contributed by atoms with Crippen molar-refractivity contribution in [2.75, 3.05) is 13.2 Å². The number of aromatic nitrogens is 1. The lowest BCUT2D eigenvalue weighted by Crippen LogP contribution is -1.97. The maximum absolute atomic E-state index is 9.02. The largest absolute Gasteiger partial charge is 0.490 e. The Morgan fingerprint density at radius 3 is 2.76 bits per heavy atom. The molecule has 106 valence electrons. The highest BCUT2D eigenvalue weighted by atomic mass is 32.2. The van der Waals surface area contributed by atoms with Crippen LogP contribution in [-0.2, 0) is 0 Å². The molecule has 4 nitrogen and oxygen atoms in total. The molecule has 1 aliphatic heterocycles. The Morgan fingerprint density at radius 1 is 1.14 bits per heavy atom. The molecule has 0 atom stereocenters. The number of fused-ring (bicyclic) bond motifs is 1. The van der Waals surface area contributed by atoms with E-state index in [4.69, 9.17) is 14.7 Å². The minimum atomic E-state index is 0.624. The lowest BCUT2D eigenvalue weighted by molar-refractivity contribution is 0.297. The average molecular weight is 298 g/mol. The van der Waals surface area contributed by atoms with Crippen LogP contribution < -0.4 is 9.47 Å². The Balaban J connectivity index is 1.87. The van der Waals surface area contributed by atoms with Crippen LogP contribution in [0.4, 0.5) is 0 Å². The minimum Gasteiger partial charge on any atom is -0.490 e. The van der Waals surface area contributed by atoms with Gasteiger partial charge in [0.15, 0.2) is 11.5 Å². The number of hydrogen-bond acceptors (Lipinski definition) is 5. The first-order valence-electron chi connectivity index (χ1n) is 6.71. The van der Waals surface area contributed by atoms with Crippen LogP contribution in [0.15, 0.2) is 40.3 Å². The molecule has 0 radical (unpaired) electrons. The standard InChI is InChI=1S/C16H14N2O2S/c1-11-7-12(10-17)8-16(18-11)21-13-3-4-14-15(9-13)20-6-2-5-19-14/h3-4,7-9H,2,5-6H2,1H3. The Morgan fingerprint density at radius 2 is 1.95 bits per heavy atom. The van der Waals surface area contributed by atoms with Crippen molar-refractivity contribution in [2.24, 2.45) is 0 Å². The molecule has 0 saturated heterocycles. The highest BCUT2D eigenvalue weighted by molar-refractivity contribution is 7.99. The molecule has 2 aromatic rings. The van der Waals surface area contributed by atoms with E-state index in [-0.39, 0.29) is 0 Å². The van der Waals surface area contributed by atoms with Crippen LogP contribution in [0.25, 0.3) is 0 Å². The molecule has 3 rings (SSSR count). The first kappa shape index (κ1) is 13.8. The summed E-state index contributed by atoms with van der Waals surface area (Å²) >= 11 is 1.51. The van der Waals surface area contributed by atoms with Gasteiger partial charge in [0.2, 0.25) is 0 Å². The number of nitriles is 1. The van der Waals surface area contributed by atoms with Crippen LogP contribution >= 0.6 is 11.8 Å². The van der Waals surface area contributed by atoms with E-state index in [0.29, 0.717) is 18.8 Å². The first-order chi connectivity index (χ1) is 10.2. The molecule has 21 heavy (non-hydrogen) atoms. The summed E-state index contributed by atoms with van der Waals surface area (Å²) in [5, 5.41) is 9.82. The molecule has 0 saturated carbocycles. The van der Waals surface area contributed by atoms with Crippen molar-refractivity contribution in [3.8, 4) is 17.6 Å². The van der Waals surface area contributed by atoms with E-state index in [1.54, 1.807) is 12.1 Å². The Labute approximate surface area is 127 Å². The van der Waals surface area contributed by atoms with Gasteiger partial charge in [0.25, 0.3) is 0 Å². The number of hydrogen-bond donors (Lipinski definition) is 0. The zero-order valence-electron chi connectivity index (χ0n) is 11.6. The molecule has 1 aromatic carbocycles. The van der Waals surface area contributed by atoms with Gasteiger partial charge in [-0.2, -0.15) is 5.26 Å². The Bertz CT molecular complexity index is 710. The van der Waals surface area contributed by atoms with Crippen molar-refractivity contribution < 1.29 is 9.47 Å². The van der Waals surface area contributed by atoms with E-state index in [2.05, 4.69) is 11.1 Å². The van der Waals surface area contributed by atoms with Crippen LogP contribution in [0, 0.1) is 18.3 Å². The van der Waals surface area contributed by atoms with E-state index >= 15 is 0 Å². The van der Waals surface area contributed by atoms with Crippen LogP contribution in [0.3, 0.4) is 0 Å². The van der Waals surface area contributed by atoms with Crippen molar-refractivity contribution in [2.45, 2.75) is 23.3 Å². The summed E-state index contributed by atoms with van der Waals surface area (Å²) in [6, 6.07) is 11.6. The summed E-state index contributed by atoms with van der Waals surface area (Å²) in [5.41, 5.74) is 1.46. The maximum Gasteiger partial charge on any atom is 0.162 e. The normalized spacial score (nSPS) is 13.3. The summed E-state index contributed by atoms with van der Waals surface area (Å²) in [7, 11) is 0. The number of rotatable bonds is 2. The predicted octanol–water partition coefficient (Wildman–Crippen LogP) is 3.57. The van der Waals surface area contributed by atoms with Crippen molar-refractivity contribution in [1.29, 1.82) is 5.26 Å². The summed E-state index contributed by atoms with van der Waals surface area (Å²) in [6.07, 6.45) is 0.891. The number of aryl methyl sites for hydroxylation is 1. The van der Waals surface area contributed by atoms with E-state index in [1.165, 1.54) is 11.8 Å². The molecule has 2 heterocycles. The predicted molar refractivity (Wildman–Crippen MR) is 79.9 cm³/mol. The third-order valence-corrected chi connectivity index (χ3v) is 3.91. The minimum absolute atomic E-state index is 0.624. The third-order valence-electron chi connectivity index (χ3n) is 3.00. The van der Waals surface area contributed by atoms with Crippen molar-refractivity contribution in [3.63, 3.8) is 0 Å². The number of ether oxygens (including phenoxy) is 2. The molecule has 1 aromatic heterocycles. The Kier molecular flexibility index (Phi) is 3.98. The number of benzene rings is 1. The zero-order valence-corrected chi connectivity index (χ0v) is 12.4. The molecule has 0 fully saturated rings. The smallest absolute Gasteiger partial charge is 0.162 e. The van der Waals surface area contributed by atoms with E-state index in [1.807, 2.05) is 25.1 Å². The SMILES string of the molecule is Cc1cc(C#N)cc(Sc2ccc3c(c2)OCCCO3)n1. The number of nitrogens with zero attached hydrogens (tertiary/aromatic N) is 2. The highest BCUT2D eigenvalue weighted by Crippen LogP contribution is 2.36. The van der Waals surface area contributed by atoms with Gasteiger partial charge in [-0.3, -0.25) is 0 Å². The van der Waals surface area contributed by atoms with Crippen LogP contribution in [-0.4, -0.2) is 18.2 Å². The molecule has 0 bridgehead atoms. The van der Waals surface area contributed by atoms with Gasteiger partial charge >= 0.3 is 0 Å². The highest BCUT2D eigenvalue weighted by Gasteiger charge is 2.11. The summed E-state index contributed by atoms with van der Waals surface area (Å²) in [6.45, 7) is 3.24. The van der Waals surface area contributed by atoms with Crippen molar-refractivity contribution >= 4 is 11.8 Å². The molecule has 1 aliphatic rings. The molecule has 5 heteroatoms. The fourth-order valence-electron chi connectivity index (χ4n) is 2.08. The number of pyridine rings is 1. The Hall–Kier alpha value is -2.19. The van der Waals surface area contributed by atoms with Gasteiger partial charge in [0.05, 0.1) is 24.8 Å². The van der Waals surface area contributed by atoms with E-state index < -0.39 is 0 Å². The van der Waals surface area contributed by atoms with Crippen LogP contribution in [0.2, 0.25) is 0 Å². The van der Waals surface area contributed by atoms with E-state index in [0.717, 1.165) is 33.5 Å². The molecule has 0 amide bonds. The maximum atomic E-state index is 9.02. The van der Waals surface area contributed by atoms with Gasteiger partial charge in [0, 0.05) is 17.0 Å². The molecule has 0 N–H and O–H groups in total. The summed E-state index contributed by atoms with van der Waals surface area (Å²) in [4.78, 5) is 5.46. The second kappa shape index (κ2) is 6.06. The third kappa shape index (κ3) is 3.29. The van der Waals surface area contributed by atoms with Crippen molar-refractivity contribution in [3.05, 3.63) is 41.6 Å². The molecular formula is C16H14N2O2S. The first-order valence-corrected chi connectivity index (χ1v) is 7.52. The second-order valence-corrected chi connectivity index (χ2v) is 5.80.